The lowest BCUT2D eigenvalue weighted by Crippen LogP contribution is -2.71. The molecule has 0 aromatic heterocycles. The third kappa shape index (κ3) is 16.0. The van der Waals surface area contributed by atoms with E-state index < -0.39 is 185 Å². The molecule has 0 aromatic carbocycles. The number of esters is 2. The fourth-order valence-electron chi connectivity index (χ4n) is 34.8. The zero-order valence-electron chi connectivity index (χ0n) is 85.3. The van der Waals surface area contributed by atoms with Crippen LogP contribution < -0.4 is 5.90 Å². The molecule has 836 valence electrons. The minimum atomic E-state index is -2.00. The molecule has 35 atom stereocenters. The molecular formula is C111H164F4N4O30. The van der Waals surface area contributed by atoms with E-state index in [0.29, 0.717) is 68.5 Å². The number of ether oxygens (including phenoxy) is 14. The minimum Gasteiger partial charge on any atom is -0.479 e. The highest BCUT2D eigenvalue weighted by molar-refractivity contribution is 6.07. The monoisotopic (exact) mass is 2110 g/mol. The van der Waals surface area contributed by atoms with Gasteiger partial charge in [-0.05, 0) is 227 Å². The number of carbonyl (C=O) groups excluding carboxylic acids is 4. The summed E-state index contributed by atoms with van der Waals surface area (Å²) in [5.74, 6) is -4.20. The molecule has 6 spiro atoms. The second kappa shape index (κ2) is 41.5. The maximum absolute atomic E-state index is 17.6. The molecule has 22 aliphatic rings. The first-order valence-corrected chi connectivity index (χ1v) is 51.1. The normalized spacial score (nSPS) is 48.2. The van der Waals surface area contributed by atoms with Crippen LogP contribution >= 0.6 is 0 Å². The first kappa shape index (κ1) is 118. The van der Waals surface area contributed by atoms with Crippen LogP contribution in [0.4, 0.5) is 17.6 Å². The number of nitrogens with two attached hydrogens (primary N) is 1. The van der Waals surface area contributed by atoms with Crippen LogP contribution in [0.1, 0.15) is 250 Å². The molecule has 34 nitrogen and oxygen atoms in total. The molecule has 6 saturated heterocycles. The summed E-state index contributed by atoms with van der Waals surface area (Å²) in [6.07, 6.45) is 24.3. The molecule has 6 aliphatic heterocycles. The molecule has 149 heavy (non-hydrogen) atoms. The summed E-state index contributed by atoms with van der Waals surface area (Å²) < 4.78 is 154. The number of carboxylic acid groups (broad SMARTS) is 1. The van der Waals surface area contributed by atoms with Crippen molar-refractivity contribution in [3.05, 3.63) is 108 Å². The molecule has 16 aliphatic carbocycles. The van der Waals surface area contributed by atoms with Gasteiger partial charge >= 0.3 is 23.9 Å². The Morgan fingerprint density at radius 1 is 0.436 bits per heavy atom. The number of halogens is 4. The number of aliphatic hydroxyl groups is 4. The average molecular weight is 2110 g/mol. The third-order valence-corrected chi connectivity index (χ3v) is 40.8. The summed E-state index contributed by atoms with van der Waals surface area (Å²) in [4.78, 5) is 83.0. The van der Waals surface area contributed by atoms with E-state index >= 15 is 17.6 Å². The molecule has 38 heteroatoms. The Balaban J connectivity index is 0.000000161. The number of fused-ring (bicyclic) bond motifs is 26. The van der Waals surface area contributed by atoms with Crippen LogP contribution in [0.15, 0.2) is 123 Å². The van der Waals surface area contributed by atoms with E-state index in [1.165, 1.54) is 20.3 Å². The van der Waals surface area contributed by atoms with Crippen molar-refractivity contribution in [3.8, 4) is 0 Å². The molecule has 6 heterocycles. The Hall–Kier alpha value is -7.58. The van der Waals surface area contributed by atoms with E-state index in [4.69, 9.17) is 91.2 Å². The number of carbonyl (C=O) groups is 5. The molecule has 22 rings (SSSR count). The van der Waals surface area contributed by atoms with Crippen LogP contribution in [0.2, 0.25) is 0 Å². The zero-order valence-corrected chi connectivity index (χ0v) is 85.3. The van der Waals surface area contributed by atoms with Crippen LogP contribution in [0.5, 0.6) is 0 Å². The number of aliphatic carboxylic acids is 1. The smallest absolute Gasteiger partial charge is 0.344 e. The molecule has 0 amide bonds. The second-order valence-electron chi connectivity index (χ2n) is 46.1. The van der Waals surface area contributed by atoms with E-state index in [9.17, 15) is 44.4 Å². The Morgan fingerprint density at radius 3 is 1.05 bits per heavy atom. The van der Waals surface area contributed by atoms with E-state index in [1.807, 2.05) is 65.8 Å². The summed E-state index contributed by atoms with van der Waals surface area (Å²) in [6.45, 7) is 30.6. The van der Waals surface area contributed by atoms with E-state index in [2.05, 4.69) is 79.2 Å². The van der Waals surface area contributed by atoms with Gasteiger partial charge in [0.05, 0.1) is 24.4 Å². The van der Waals surface area contributed by atoms with Crippen molar-refractivity contribution in [2.24, 2.45) is 136 Å². The largest absolute Gasteiger partial charge is 0.479 e. The predicted octanol–water partition coefficient (Wildman–Crippen LogP) is 16.7. The van der Waals surface area contributed by atoms with Gasteiger partial charge in [-0.15, -0.1) is 0 Å². The molecular weight excluding hydrogens is 1950 g/mol. The minimum absolute atomic E-state index is 0. The number of carboxylic acids is 1. The summed E-state index contributed by atoms with van der Waals surface area (Å²) in [6, 6.07) is 0. The van der Waals surface area contributed by atoms with Crippen molar-refractivity contribution in [1.29, 1.82) is 0 Å². The van der Waals surface area contributed by atoms with Crippen LogP contribution in [0.3, 0.4) is 0 Å². The van der Waals surface area contributed by atoms with Crippen molar-refractivity contribution in [3.63, 3.8) is 0 Å². The van der Waals surface area contributed by atoms with E-state index in [0.717, 1.165) is 48.0 Å². The van der Waals surface area contributed by atoms with Crippen LogP contribution in [-0.2, 0) is 115 Å². The van der Waals surface area contributed by atoms with Gasteiger partial charge in [-0.2, -0.15) is 11.2 Å². The van der Waals surface area contributed by atoms with Crippen molar-refractivity contribution in [1.82, 2.24) is 0 Å². The van der Waals surface area contributed by atoms with Gasteiger partial charge in [0.1, 0.15) is 68.0 Å². The lowest BCUT2D eigenvalue weighted by molar-refractivity contribution is -0.277. The maximum atomic E-state index is 17.6. The second-order valence-corrected chi connectivity index (χ2v) is 46.1. The van der Waals surface area contributed by atoms with E-state index in [-0.39, 0.29) is 201 Å². The third-order valence-electron chi connectivity index (χ3n) is 40.8. The fourth-order valence-corrected chi connectivity index (χ4v) is 34.8. The lowest BCUT2D eigenvalue weighted by atomic mass is 9.44. The van der Waals surface area contributed by atoms with Gasteiger partial charge in [0.15, 0.2) is 81.4 Å². The SMILES string of the molecule is C.C.C.C.C.C=C(ON)OO.CCC(=O)OCC(=O)[C@@]1(OC(=O)CC)[C@@H](C)C[C@H]2[C@@H]3CCC4=C/C(=N/OC)C=C[C@]4(C)[C@@]3(F)[C@@H](O)C[C@@]21C.CO/N=C1\C=C[C@@]2(C)C(=C1)CC[C@H]1[C@@H]3C[C@H](C)[C@@]4(OCOC45COCO5)[C@@]3(C)C[C@H](O)[C@@]12F.C[C@H]1C[C@H]2[C@@H]3CCC4=C/C(=N/OCC(=O)O)C=C[C@]4(C)[C@@]3(F)[C@@H](O)C[C@]2(C)[C@]12OCOC21COCO1.C[C@H]1C[C@H]2[C@@H]3CCC4=CC(=O)C=C[C@]4(C)[C@@]3(F)[C@@H](O)C[C@]2(C)[C@]12OCOC21COCO1. The van der Waals surface area contributed by atoms with Crippen molar-refractivity contribution in [2.75, 3.05) is 88.0 Å². The summed E-state index contributed by atoms with van der Waals surface area (Å²) >= 11 is 0. The number of hydrogen-bond acceptors (Lipinski definition) is 33. The Bertz CT molecular complexity index is 5390. The molecule has 0 aromatic rings. The lowest BCUT2D eigenvalue weighted by Gasteiger charge is -2.63. The molecule has 8 N–H and O–H groups in total. The number of aliphatic hydroxyl groups excluding tert-OH is 4. The van der Waals surface area contributed by atoms with Gasteiger partial charge in [0, 0.05) is 85.8 Å². The summed E-state index contributed by atoms with van der Waals surface area (Å²) in [5.41, 5.74) is -13.2. The number of nitrogens with zero attached hydrogens (tertiary/aromatic N) is 3. The summed E-state index contributed by atoms with van der Waals surface area (Å²) in [5, 5.41) is 74.7. The highest BCUT2D eigenvalue weighted by Gasteiger charge is 2.87. The summed E-state index contributed by atoms with van der Waals surface area (Å²) in [7, 11) is 2.96. The molecule has 0 radical (unpaired) electrons. The Kier molecular flexibility index (Phi) is 33.0. The molecule has 12 saturated carbocycles. The van der Waals surface area contributed by atoms with Crippen LogP contribution in [-0.4, -0.2) is 252 Å². The number of ketones is 2. The molecule has 18 fully saturated rings. The van der Waals surface area contributed by atoms with Gasteiger partial charge in [-0.3, -0.25) is 24.1 Å². The fraction of sp³-hybridized carbons (Fsp3) is 0.766. The number of hydrogen-bond donors (Lipinski definition) is 7. The number of rotatable bonds is 13. The topological polar surface area (TPSA) is 445 Å². The zero-order chi connectivity index (χ0) is 104. The standard InChI is InChI=1S/C29H40FNO7.C26H34FNO8.C25H34FNO6.C24H31FO6.C2H5NO3.5CH4/c1-7-24(34)37-16-23(33)29(38-25(35)8-2)17(3)13-21-20-10-9-18-14-19(31-36-6)11-12-26(18,4)28(20,30)22(32)15-27(21,29)5;1-15-8-19-18-5-4-16-9-17(28-36-11-21(30)31)6-7-22(16,2)25(18,27)20(29)10-23(19,3)26(15)24(34-14-35-26)12-32-13-33-24;1-15-9-19-18-6-5-16-10-17(27-29-4)7-8-21(16,2)24(18,26)20(28)11-22(19,3)25(15)23(32-14-33-25)12-30-13-31-23;1-14-8-18-17-5-4-15-9-16(26)6-7-20(15,2)23(17,25)19(27)10-21(18,3)24(14)22(30-13-31-24)11-28-12-29-22;1-2(5-3)6-4;;;;;/h11-12,14,17,20-22,32H,7-10,13,15-16H2,1-6H3;6-7,9,15,18-20,29H,4-5,8,10-14H2,1-3H3,(H,30,31);7-8,10,15,18-20,28H,5-6,9,11-14H2,1-4H3;6-7,9,14,17-19,27H,4-5,8,10-13H2,1-3H3;4H,1,3H2;5*1H4/b31-19+;28-17+;27-17+;;;;;;;/t17-,20-,21-,22-,26-,27-,28-,29-;15-,18-,19-,20-,22-,23-,24?,25-,26+;15-,18-,19-,20-,21-,22-,23?,24-,25+;14-,17-,18-,19-,20-,21-,22?,23-,24+;;;;;;/m0000....../s1. The van der Waals surface area contributed by atoms with Crippen LogP contribution in [0, 0.1) is 114 Å². The van der Waals surface area contributed by atoms with E-state index in [1.54, 1.807) is 56.4 Å². The van der Waals surface area contributed by atoms with Gasteiger partial charge < -0.3 is 111 Å². The highest BCUT2D eigenvalue weighted by Crippen LogP contribution is 2.80. The average Bonchev–Trinajstić information content (AvgIpc) is 1.47. The predicted molar refractivity (Wildman–Crippen MR) is 537 cm³/mol. The van der Waals surface area contributed by atoms with Crippen molar-refractivity contribution in [2.45, 2.75) is 336 Å². The number of Topliss-reactive ketones (excluding diaryl/α,β-unsaturated/α-hetero) is 1. The Morgan fingerprint density at radius 2 is 0.745 bits per heavy atom. The van der Waals surface area contributed by atoms with Gasteiger partial charge in [0.25, 0.3) is 0 Å². The number of oxime groups is 3. The first-order chi connectivity index (χ1) is 68.0. The van der Waals surface area contributed by atoms with Gasteiger partial charge in [0.2, 0.25) is 29.8 Å². The maximum Gasteiger partial charge on any atom is 0.344 e. The number of alkyl halides is 4. The molecule has 3 unspecified atom stereocenters. The van der Waals surface area contributed by atoms with Gasteiger partial charge in [-0.25, -0.2) is 22.4 Å². The Labute approximate surface area is 873 Å². The number of allylic oxidation sites excluding steroid dienone is 16. The van der Waals surface area contributed by atoms with Crippen LogP contribution in [0.25, 0.3) is 0 Å². The van der Waals surface area contributed by atoms with Crippen molar-refractivity contribution >= 4 is 46.6 Å². The van der Waals surface area contributed by atoms with Gasteiger partial charge in [-0.1, -0.05) is 168 Å². The first-order valence-electron chi connectivity index (χ1n) is 51.1. The molecule has 0 bridgehead atoms. The van der Waals surface area contributed by atoms with Crippen molar-refractivity contribution < 1.29 is 163 Å². The quantitative estimate of drug-likeness (QED) is 0.0296. The highest BCUT2D eigenvalue weighted by atomic mass is 19.2.